The van der Waals surface area contributed by atoms with Gasteiger partial charge in [-0.2, -0.15) is 0 Å². The van der Waals surface area contributed by atoms with E-state index in [4.69, 9.17) is 4.74 Å². The van der Waals surface area contributed by atoms with Gasteiger partial charge < -0.3 is 4.74 Å². The molecular formula is C20H16O. The molecule has 0 unspecified atom stereocenters. The van der Waals surface area contributed by atoms with Crippen molar-refractivity contribution in [3.63, 3.8) is 0 Å². The first kappa shape index (κ1) is 12.2. The maximum absolute atomic E-state index is 5.98. The van der Waals surface area contributed by atoms with Crippen LogP contribution in [0, 0.1) is 0 Å². The predicted octanol–water partition coefficient (Wildman–Crippen LogP) is 4.97. The number of hydrogen-bond acceptors (Lipinski definition) is 1. The number of para-hydroxylation sites is 1. The van der Waals surface area contributed by atoms with Gasteiger partial charge in [-0.05, 0) is 40.8 Å². The van der Waals surface area contributed by atoms with E-state index in [1.807, 2.05) is 12.1 Å². The van der Waals surface area contributed by atoms with Crippen molar-refractivity contribution in [2.24, 2.45) is 0 Å². The summed E-state index contributed by atoms with van der Waals surface area (Å²) >= 11 is 0. The predicted molar refractivity (Wildman–Crippen MR) is 85.0 cm³/mol. The van der Waals surface area contributed by atoms with Crippen LogP contribution >= 0.6 is 0 Å². The topological polar surface area (TPSA) is 9.23 Å². The first-order valence-electron chi connectivity index (χ1n) is 7.30. The van der Waals surface area contributed by atoms with Gasteiger partial charge >= 0.3 is 0 Å². The number of rotatable bonds is 2. The third-order valence-corrected chi connectivity index (χ3v) is 3.95. The first-order valence-corrected chi connectivity index (χ1v) is 7.30. The Morgan fingerprint density at radius 1 is 0.667 bits per heavy atom. The molecule has 1 nitrogen and oxygen atoms in total. The van der Waals surface area contributed by atoms with Crippen molar-refractivity contribution in [1.82, 2.24) is 0 Å². The van der Waals surface area contributed by atoms with Crippen molar-refractivity contribution in [2.75, 3.05) is 0 Å². The monoisotopic (exact) mass is 272 g/mol. The minimum Gasteiger partial charge on any atom is -0.457 e. The summed E-state index contributed by atoms with van der Waals surface area (Å²) in [6, 6.07) is 25.4. The lowest BCUT2D eigenvalue weighted by molar-refractivity contribution is 0.460. The van der Waals surface area contributed by atoms with Gasteiger partial charge in [-0.1, -0.05) is 60.7 Å². The Morgan fingerprint density at radius 3 is 2.33 bits per heavy atom. The van der Waals surface area contributed by atoms with Crippen LogP contribution in [0.15, 0.2) is 72.8 Å². The van der Waals surface area contributed by atoms with Crippen LogP contribution in [0.25, 0.3) is 0 Å². The highest BCUT2D eigenvalue weighted by atomic mass is 16.5. The average Bonchev–Trinajstić information content (AvgIpc) is 2.54. The summed E-state index contributed by atoms with van der Waals surface area (Å²) in [5.74, 6) is 1.98. The first-order chi connectivity index (χ1) is 10.4. The maximum Gasteiger partial charge on any atom is 0.130 e. The molecule has 21 heavy (non-hydrogen) atoms. The van der Waals surface area contributed by atoms with E-state index in [0.717, 1.165) is 24.3 Å². The lowest BCUT2D eigenvalue weighted by Crippen LogP contribution is -2.03. The van der Waals surface area contributed by atoms with E-state index in [1.165, 1.54) is 22.3 Å². The van der Waals surface area contributed by atoms with E-state index in [1.54, 1.807) is 0 Å². The molecule has 4 rings (SSSR count). The average molecular weight is 272 g/mol. The van der Waals surface area contributed by atoms with Crippen LogP contribution < -0.4 is 4.74 Å². The molecular weight excluding hydrogens is 256 g/mol. The van der Waals surface area contributed by atoms with Crippen LogP contribution in [0.2, 0.25) is 0 Å². The van der Waals surface area contributed by atoms with Gasteiger partial charge in [0, 0.05) is 6.42 Å². The summed E-state index contributed by atoms with van der Waals surface area (Å²) in [6.45, 7) is 0. The normalized spacial score (nSPS) is 12.2. The van der Waals surface area contributed by atoms with Crippen LogP contribution in [0.3, 0.4) is 0 Å². The van der Waals surface area contributed by atoms with Crippen LogP contribution in [0.4, 0.5) is 0 Å². The summed E-state index contributed by atoms with van der Waals surface area (Å²) in [5.41, 5.74) is 5.22. The molecule has 0 saturated heterocycles. The van der Waals surface area contributed by atoms with Gasteiger partial charge in [0.05, 0.1) is 0 Å². The molecule has 0 fully saturated rings. The summed E-state index contributed by atoms with van der Waals surface area (Å²) in [7, 11) is 0. The molecule has 3 aromatic carbocycles. The lowest BCUT2D eigenvalue weighted by Gasteiger charge is -2.20. The molecule has 0 spiro atoms. The molecule has 0 atom stereocenters. The van der Waals surface area contributed by atoms with Gasteiger partial charge in [0.2, 0.25) is 0 Å². The summed E-state index contributed by atoms with van der Waals surface area (Å²) in [6.07, 6.45) is 1.92. The maximum atomic E-state index is 5.98. The van der Waals surface area contributed by atoms with E-state index >= 15 is 0 Å². The van der Waals surface area contributed by atoms with Gasteiger partial charge in [-0.3, -0.25) is 0 Å². The number of ether oxygens (including phenoxy) is 1. The van der Waals surface area contributed by atoms with Crippen LogP contribution in [0.5, 0.6) is 11.5 Å². The van der Waals surface area contributed by atoms with Crippen molar-refractivity contribution < 1.29 is 4.74 Å². The summed E-state index contributed by atoms with van der Waals surface area (Å²) in [4.78, 5) is 0. The van der Waals surface area contributed by atoms with Gasteiger partial charge in [0.15, 0.2) is 0 Å². The van der Waals surface area contributed by atoms with Crippen molar-refractivity contribution in [3.05, 3.63) is 95.1 Å². The molecule has 0 bridgehead atoms. The second-order valence-corrected chi connectivity index (χ2v) is 5.49. The molecule has 3 aromatic rings. The molecule has 1 aliphatic rings. The molecule has 0 amide bonds. The highest BCUT2D eigenvalue weighted by molar-refractivity contribution is 5.51. The van der Waals surface area contributed by atoms with Gasteiger partial charge in [0.1, 0.15) is 11.5 Å². The van der Waals surface area contributed by atoms with E-state index < -0.39 is 0 Å². The molecule has 0 N–H and O–H groups in total. The second-order valence-electron chi connectivity index (χ2n) is 5.49. The van der Waals surface area contributed by atoms with Crippen LogP contribution in [-0.4, -0.2) is 0 Å². The minimum atomic E-state index is 0.953. The Kier molecular flexibility index (Phi) is 2.97. The van der Waals surface area contributed by atoms with Crippen molar-refractivity contribution in [1.29, 1.82) is 0 Å². The quantitative estimate of drug-likeness (QED) is 0.500. The zero-order valence-electron chi connectivity index (χ0n) is 11.8. The molecule has 0 radical (unpaired) electrons. The van der Waals surface area contributed by atoms with Crippen LogP contribution in [0.1, 0.15) is 22.3 Å². The SMILES string of the molecule is c1ccc(Cc2ccc3c(c2)Cc2ccccc2O3)cc1. The smallest absolute Gasteiger partial charge is 0.130 e. The lowest BCUT2D eigenvalue weighted by atomic mass is 9.96. The minimum absolute atomic E-state index is 0.953. The fourth-order valence-corrected chi connectivity index (χ4v) is 2.89. The van der Waals surface area contributed by atoms with Gasteiger partial charge in [-0.15, -0.1) is 0 Å². The third-order valence-electron chi connectivity index (χ3n) is 3.95. The van der Waals surface area contributed by atoms with E-state index in [9.17, 15) is 0 Å². The fourth-order valence-electron chi connectivity index (χ4n) is 2.89. The van der Waals surface area contributed by atoms with Gasteiger partial charge in [-0.25, -0.2) is 0 Å². The summed E-state index contributed by atoms with van der Waals surface area (Å²) < 4.78 is 5.98. The Bertz CT molecular complexity index is 775. The van der Waals surface area contributed by atoms with Crippen LogP contribution in [-0.2, 0) is 12.8 Å². The largest absolute Gasteiger partial charge is 0.457 e. The Labute approximate surface area is 124 Å². The zero-order valence-corrected chi connectivity index (χ0v) is 11.8. The Hall–Kier alpha value is -2.54. The molecule has 1 heteroatoms. The molecule has 0 aromatic heterocycles. The Balaban J connectivity index is 1.64. The molecule has 0 aliphatic carbocycles. The Morgan fingerprint density at radius 2 is 1.43 bits per heavy atom. The molecule has 1 aliphatic heterocycles. The van der Waals surface area contributed by atoms with E-state index in [-0.39, 0.29) is 0 Å². The zero-order chi connectivity index (χ0) is 14.1. The van der Waals surface area contributed by atoms with Crippen molar-refractivity contribution in [2.45, 2.75) is 12.8 Å². The van der Waals surface area contributed by atoms with E-state index in [2.05, 4.69) is 60.7 Å². The molecule has 102 valence electrons. The highest BCUT2D eigenvalue weighted by Gasteiger charge is 2.16. The van der Waals surface area contributed by atoms with Crippen molar-refractivity contribution >= 4 is 0 Å². The standard InChI is InChI=1S/C20H16O/c1-2-6-15(7-3-1)12-16-10-11-20-18(13-16)14-17-8-4-5-9-19(17)21-20/h1-11,13H,12,14H2. The summed E-state index contributed by atoms with van der Waals surface area (Å²) in [5, 5.41) is 0. The van der Waals surface area contributed by atoms with Gasteiger partial charge in [0.25, 0.3) is 0 Å². The number of fused-ring (bicyclic) bond motifs is 2. The molecule has 1 heterocycles. The fraction of sp³-hybridized carbons (Fsp3) is 0.100. The van der Waals surface area contributed by atoms with Crippen molar-refractivity contribution in [3.8, 4) is 11.5 Å². The van der Waals surface area contributed by atoms with E-state index in [0.29, 0.717) is 0 Å². The second kappa shape index (κ2) is 5.10. The number of benzene rings is 3. The molecule has 0 saturated carbocycles. The number of hydrogen-bond donors (Lipinski definition) is 0. The highest BCUT2D eigenvalue weighted by Crippen LogP contribution is 2.36. The third kappa shape index (κ3) is 2.43.